The lowest BCUT2D eigenvalue weighted by molar-refractivity contribution is 0.0993. The van der Waals surface area contributed by atoms with E-state index in [1.165, 1.54) is 11.1 Å². The van der Waals surface area contributed by atoms with E-state index in [4.69, 9.17) is 0 Å². The van der Waals surface area contributed by atoms with Crippen LogP contribution in [0, 0.1) is 0 Å². The molecule has 0 spiro atoms. The SMILES string of the molecule is O=C(Cc1cn(Cc2ccccc2)c2ccccc12)c1ccccc1. The van der Waals surface area contributed by atoms with Gasteiger partial charge in [-0.05, 0) is 17.2 Å². The zero-order valence-electron chi connectivity index (χ0n) is 13.9. The molecule has 0 radical (unpaired) electrons. The summed E-state index contributed by atoms with van der Waals surface area (Å²) in [5.41, 5.74) is 4.27. The Bertz CT molecular complexity index is 1000. The Morgan fingerprint density at radius 2 is 1.40 bits per heavy atom. The molecule has 0 amide bonds. The first-order valence-electron chi connectivity index (χ1n) is 8.50. The molecular formula is C23H19NO. The molecule has 122 valence electrons. The number of aromatic nitrogens is 1. The lowest BCUT2D eigenvalue weighted by Crippen LogP contribution is -2.03. The van der Waals surface area contributed by atoms with E-state index in [0.29, 0.717) is 6.42 Å². The first-order valence-corrected chi connectivity index (χ1v) is 8.50. The van der Waals surface area contributed by atoms with Crippen molar-refractivity contribution in [1.29, 1.82) is 0 Å². The van der Waals surface area contributed by atoms with Crippen LogP contribution in [0.15, 0.2) is 91.1 Å². The van der Waals surface area contributed by atoms with Crippen LogP contribution >= 0.6 is 0 Å². The van der Waals surface area contributed by atoms with E-state index in [2.05, 4.69) is 47.2 Å². The predicted molar refractivity (Wildman–Crippen MR) is 102 cm³/mol. The third kappa shape index (κ3) is 3.24. The summed E-state index contributed by atoms with van der Waals surface area (Å²) in [6.07, 6.45) is 2.55. The molecule has 0 saturated carbocycles. The largest absolute Gasteiger partial charge is 0.343 e. The van der Waals surface area contributed by atoms with E-state index < -0.39 is 0 Å². The average Bonchev–Trinajstić information content (AvgIpc) is 3.01. The first-order chi connectivity index (χ1) is 12.3. The van der Waals surface area contributed by atoms with Crippen molar-refractivity contribution in [3.8, 4) is 0 Å². The maximum Gasteiger partial charge on any atom is 0.167 e. The molecule has 0 aliphatic carbocycles. The molecule has 25 heavy (non-hydrogen) atoms. The highest BCUT2D eigenvalue weighted by Crippen LogP contribution is 2.24. The molecule has 1 aromatic heterocycles. The number of fused-ring (bicyclic) bond motifs is 1. The highest BCUT2D eigenvalue weighted by atomic mass is 16.1. The smallest absolute Gasteiger partial charge is 0.167 e. The Hall–Kier alpha value is -3.13. The van der Waals surface area contributed by atoms with E-state index >= 15 is 0 Å². The lowest BCUT2D eigenvalue weighted by atomic mass is 10.0. The van der Waals surface area contributed by atoms with Crippen molar-refractivity contribution in [1.82, 2.24) is 4.57 Å². The van der Waals surface area contributed by atoms with Gasteiger partial charge in [0.15, 0.2) is 5.78 Å². The van der Waals surface area contributed by atoms with Gasteiger partial charge in [0.05, 0.1) is 0 Å². The molecule has 1 heterocycles. The van der Waals surface area contributed by atoms with Gasteiger partial charge in [-0.15, -0.1) is 0 Å². The number of para-hydroxylation sites is 1. The van der Waals surface area contributed by atoms with Gasteiger partial charge in [-0.2, -0.15) is 0 Å². The minimum absolute atomic E-state index is 0.156. The second-order valence-corrected chi connectivity index (χ2v) is 6.25. The third-order valence-electron chi connectivity index (χ3n) is 4.51. The average molecular weight is 325 g/mol. The fourth-order valence-corrected chi connectivity index (χ4v) is 3.27. The monoisotopic (exact) mass is 325 g/mol. The van der Waals surface area contributed by atoms with E-state index in [0.717, 1.165) is 23.1 Å². The second-order valence-electron chi connectivity index (χ2n) is 6.25. The molecule has 0 aliphatic rings. The maximum absolute atomic E-state index is 12.6. The number of hydrogen-bond acceptors (Lipinski definition) is 1. The maximum atomic E-state index is 12.6. The zero-order valence-corrected chi connectivity index (χ0v) is 13.9. The highest BCUT2D eigenvalue weighted by molar-refractivity contribution is 6.00. The summed E-state index contributed by atoms with van der Waals surface area (Å²) in [7, 11) is 0. The Kier molecular flexibility index (Phi) is 4.17. The van der Waals surface area contributed by atoms with E-state index in [9.17, 15) is 4.79 Å². The van der Waals surface area contributed by atoms with Gasteiger partial charge in [-0.3, -0.25) is 4.79 Å². The summed E-state index contributed by atoms with van der Waals surface area (Å²) in [6, 6.07) is 28.2. The van der Waals surface area contributed by atoms with Crippen LogP contribution in [-0.4, -0.2) is 10.4 Å². The summed E-state index contributed by atoms with van der Waals surface area (Å²) in [5, 5.41) is 1.16. The van der Waals surface area contributed by atoms with Crippen LogP contribution in [0.4, 0.5) is 0 Å². The zero-order chi connectivity index (χ0) is 17.1. The van der Waals surface area contributed by atoms with Gasteiger partial charge in [-0.1, -0.05) is 78.9 Å². The van der Waals surface area contributed by atoms with Crippen LogP contribution in [0.3, 0.4) is 0 Å². The van der Waals surface area contributed by atoms with Crippen molar-refractivity contribution in [2.75, 3.05) is 0 Å². The van der Waals surface area contributed by atoms with Crippen LogP contribution in [0.1, 0.15) is 21.5 Å². The predicted octanol–water partition coefficient (Wildman–Crippen LogP) is 5.12. The van der Waals surface area contributed by atoms with Crippen LogP contribution < -0.4 is 0 Å². The number of hydrogen-bond donors (Lipinski definition) is 0. The van der Waals surface area contributed by atoms with Crippen LogP contribution in [0.2, 0.25) is 0 Å². The van der Waals surface area contributed by atoms with Crippen molar-refractivity contribution in [3.63, 3.8) is 0 Å². The van der Waals surface area contributed by atoms with E-state index in [1.54, 1.807) is 0 Å². The Morgan fingerprint density at radius 1 is 0.760 bits per heavy atom. The van der Waals surface area contributed by atoms with Gasteiger partial charge >= 0.3 is 0 Å². The topological polar surface area (TPSA) is 22.0 Å². The van der Waals surface area contributed by atoms with Crippen molar-refractivity contribution in [3.05, 3.63) is 108 Å². The number of rotatable bonds is 5. The van der Waals surface area contributed by atoms with Gasteiger partial charge in [0.25, 0.3) is 0 Å². The highest BCUT2D eigenvalue weighted by Gasteiger charge is 2.13. The Morgan fingerprint density at radius 3 is 2.16 bits per heavy atom. The van der Waals surface area contributed by atoms with Gasteiger partial charge in [0, 0.05) is 35.6 Å². The fourth-order valence-electron chi connectivity index (χ4n) is 3.27. The number of carbonyl (C=O) groups excluding carboxylic acids is 1. The summed E-state index contributed by atoms with van der Waals surface area (Å²) in [6.45, 7) is 0.806. The molecule has 0 unspecified atom stereocenters. The second kappa shape index (κ2) is 6.78. The molecule has 3 aromatic carbocycles. The van der Waals surface area contributed by atoms with Gasteiger partial charge in [-0.25, -0.2) is 0 Å². The molecule has 4 rings (SSSR count). The van der Waals surface area contributed by atoms with E-state index in [1.807, 2.05) is 48.5 Å². The Labute approximate surface area is 147 Å². The van der Waals surface area contributed by atoms with Crippen molar-refractivity contribution in [2.24, 2.45) is 0 Å². The lowest BCUT2D eigenvalue weighted by Gasteiger charge is -2.05. The molecule has 2 heteroatoms. The minimum atomic E-state index is 0.156. The number of nitrogens with zero attached hydrogens (tertiary/aromatic N) is 1. The number of carbonyl (C=O) groups is 1. The number of Topliss-reactive ketones (excluding diaryl/α,β-unsaturated/α-hetero) is 1. The van der Waals surface area contributed by atoms with Crippen LogP contribution in [-0.2, 0) is 13.0 Å². The molecule has 0 fully saturated rings. The standard InChI is InChI=1S/C23H19NO/c25-23(19-11-5-2-6-12-19)15-20-17-24(16-18-9-3-1-4-10-18)22-14-8-7-13-21(20)22/h1-14,17H,15-16H2. The van der Waals surface area contributed by atoms with Crippen molar-refractivity contribution in [2.45, 2.75) is 13.0 Å². The quantitative estimate of drug-likeness (QED) is 0.467. The molecule has 2 nitrogen and oxygen atoms in total. The van der Waals surface area contributed by atoms with Crippen molar-refractivity contribution < 1.29 is 4.79 Å². The summed E-state index contributed by atoms with van der Waals surface area (Å²) in [4.78, 5) is 12.6. The number of ketones is 1. The van der Waals surface area contributed by atoms with Gasteiger partial charge in [0.1, 0.15) is 0 Å². The number of benzene rings is 3. The van der Waals surface area contributed by atoms with Crippen molar-refractivity contribution >= 4 is 16.7 Å². The molecule has 0 bridgehead atoms. The summed E-state index contributed by atoms with van der Waals surface area (Å²) >= 11 is 0. The van der Waals surface area contributed by atoms with Crippen LogP contribution in [0.25, 0.3) is 10.9 Å². The minimum Gasteiger partial charge on any atom is -0.343 e. The van der Waals surface area contributed by atoms with Gasteiger partial charge < -0.3 is 4.57 Å². The summed E-state index contributed by atoms with van der Waals surface area (Å²) in [5.74, 6) is 0.156. The van der Waals surface area contributed by atoms with Crippen LogP contribution in [0.5, 0.6) is 0 Å². The molecule has 0 atom stereocenters. The molecule has 0 aliphatic heterocycles. The molecule has 4 aromatic rings. The third-order valence-corrected chi connectivity index (χ3v) is 4.51. The first kappa shape index (κ1) is 15.4. The van der Waals surface area contributed by atoms with Gasteiger partial charge in [0.2, 0.25) is 0 Å². The molecule has 0 N–H and O–H groups in total. The fraction of sp³-hybridized carbons (Fsp3) is 0.0870. The normalized spacial score (nSPS) is 10.9. The molecule has 0 saturated heterocycles. The Balaban J connectivity index is 1.69. The summed E-state index contributed by atoms with van der Waals surface area (Å²) < 4.78 is 2.23. The van der Waals surface area contributed by atoms with E-state index in [-0.39, 0.29) is 5.78 Å². The molecular weight excluding hydrogens is 306 g/mol.